The molecular formula is C33H45N7O2. The number of nitrogens with one attached hydrogen (secondary N) is 2. The van der Waals surface area contributed by atoms with E-state index >= 15 is 0 Å². The fourth-order valence-electron chi connectivity index (χ4n) is 6.40. The minimum absolute atomic E-state index is 0.0404. The lowest BCUT2D eigenvalue weighted by molar-refractivity contribution is -0.146. The number of nitrogens with zero attached hydrogens (tertiary/aromatic N) is 3. The third-order valence-electron chi connectivity index (χ3n) is 8.86. The zero-order chi connectivity index (χ0) is 29.5. The number of amides is 1. The second-order valence-electron chi connectivity index (χ2n) is 11.9. The van der Waals surface area contributed by atoms with Crippen LogP contribution in [0.25, 0.3) is 0 Å². The molecule has 9 heteroatoms. The quantitative estimate of drug-likeness (QED) is 0.196. The van der Waals surface area contributed by atoms with Crippen molar-refractivity contribution in [3.63, 3.8) is 0 Å². The Hall–Kier alpha value is -3.39. The first-order valence-electron chi connectivity index (χ1n) is 15.1. The summed E-state index contributed by atoms with van der Waals surface area (Å²) in [5, 5.41) is 5.75. The van der Waals surface area contributed by atoms with Gasteiger partial charge in [-0.15, -0.1) is 0 Å². The van der Waals surface area contributed by atoms with Gasteiger partial charge in [-0.3, -0.25) is 20.4 Å². The molecule has 9 nitrogen and oxygen atoms in total. The Morgan fingerprint density at radius 1 is 1.10 bits per heavy atom. The van der Waals surface area contributed by atoms with E-state index in [2.05, 4.69) is 27.5 Å². The number of para-hydroxylation sites is 1. The Morgan fingerprint density at radius 2 is 1.76 bits per heavy atom. The number of benzene rings is 2. The van der Waals surface area contributed by atoms with Gasteiger partial charge in [-0.25, -0.2) is 5.01 Å². The van der Waals surface area contributed by atoms with E-state index in [9.17, 15) is 4.79 Å². The molecule has 0 bridgehead atoms. The van der Waals surface area contributed by atoms with Crippen LogP contribution in [0, 0.1) is 17.3 Å². The Balaban J connectivity index is 1.13. The molecule has 2 saturated heterocycles. The summed E-state index contributed by atoms with van der Waals surface area (Å²) in [5.41, 5.74) is 18.2. The van der Waals surface area contributed by atoms with Gasteiger partial charge >= 0.3 is 0 Å². The zero-order valence-corrected chi connectivity index (χ0v) is 24.9. The standard InChI is InChI=1S/C33H45N7O2/c1-36-38(2)32(29(22-34)31(35)25-13-15-28(16-14-25)42-27-10-5-3-6-11-27)37-26-20-33(21-26)23-40(24-33)30(41)12-9-19-39-17-7-4-8-18-39/h3,5-6,10-11,13-16,22,26,31-32,36-37H,4,7-8,17-21,23-24,34-35H2,1-2H3/b29-22-. The number of ether oxygens (including phenoxy) is 1. The van der Waals surface area contributed by atoms with Crippen LogP contribution in [0.4, 0.5) is 0 Å². The second kappa shape index (κ2) is 13.7. The van der Waals surface area contributed by atoms with Gasteiger partial charge in [0.05, 0.1) is 18.8 Å². The van der Waals surface area contributed by atoms with Gasteiger partial charge in [-0.2, -0.15) is 0 Å². The van der Waals surface area contributed by atoms with Crippen LogP contribution in [0.2, 0.25) is 0 Å². The second-order valence-corrected chi connectivity index (χ2v) is 11.9. The molecule has 1 spiro atoms. The lowest BCUT2D eigenvalue weighted by atomic mass is 9.60. The van der Waals surface area contributed by atoms with Crippen molar-refractivity contribution in [3.05, 3.63) is 71.9 Å². The highest BCUT2D eigenvalue weighted by Crippen LogP contribution is 2.48. The average molecular weight is 572 g/mol. The molecule has 3 fully saturated rings. The van der Waals surface area contributed by atoms with E-state index in [0.717, 1.165) is 61.7 Å². The molecule has 6 N–H and O–H groups in total. The van der Waals surface area contributed by atoms with Crippen LogP contribution in [0.15, 0.2) is 66.4 Å². The van der Waals surface area contributed by atoms with E-state index in [1.165, 1.54) is 19.3 Å². The largest absolute Gasteiger partial charge is 0.457 e. The van der Waals surface area contributed by atoms with Crippen molar-refractivity contribution in [2.45, 2.75) is 50.4 Å². The summed E-state index contributed by atoms with van der Waals surface area (Å²) in [6.07, 6.45) is 7.20. The van der Waals surface area contributed by atoms with Gasteiger partial charge in [-0.05, 0) is 93.3 Å². The van der Waals surface area contributed by atoms with Crippen LogP contribution < -0.4 is 26.9 Å². The van der Waals surface area contributed by atoms with Crippen molar-refractivity contribution in [3.8, 4) is 23.3 Å². The summed E-state index contributed by atoms with van der Waals surface area (Å²) in [7, 11) is 3.86. The molecule has 42 heavy (non-hydrogen) atoms. The van der Waals surface area contributed by atoms with Crippen molar-refractivity contribution in [1.82, 2.24) is 25.6 Å². The number of hydrogen-bond donors (Lipinski definition) is 4. The monoisotopic (exact) mass is 571 g/mol. The zero-order valence-electron chi connectivity index (χ0n) is 24.9. The maximum atomic E-state index is 12.6. The average Bonchev–Trinajstić information content (AvgIpc) is 2.98. The molecule has 2 aromatic carbocycles. The molecule has 1 saturated carbocycles. The van der Waals surface area contributed by atoms with Crippen LogP contribution >= 0.6 is 0 Å². The molecule has 0 aromatic heterocycles. The Bertz CT molecular complexity index is 1270. The highest BCUT2D eigenvalue weighted by molar-refractivity contribution is 5.94. The van der Waals surface area contributed by atoms with E-state index in [1.807, 2.05) is 78.6 Å². The Labute approximate surface area is 250 Å². The summed E-state index contributed by atoms with van der Waals surface area (Å²) >= 11 is 0. The van der Waals surface area contributed by atoms with Crippen LogP contribution in [0.5, 0.6) is 11.5 Å². The minimum Gasteiger partial charge on any atom is -0.457 e. The molecule has 0 radical (unpaired) electrons. The molecule has 2 heterocycles. The summed E-state index contributed by atoms with van der Waals surface area (Å²) in [6.45, 7) is 4.45. The molecule has 5 rings (SSSR count). The normalized spacial score (nSPS) is 20.3. The van der Waals surface area contributed by atoms with Crippen molar-refractivity contribution in [2.75, 3.05) is 46.8 Å². The van der Waals surface area contributed by atoms with Gasteiger partial charge in [0.15, 0.2) is 0 Å². The first-order valence-corrected chi connectivity index (χ1v) is 15.1. The van der Waals surface area contributed by atoms with Gasteiger partial charge < -0.3 is 21.1 Å². The molecule has 3 aliphatic rings. The third-order valence-corrected chi connectivity index (χ3v) is 8.86. The maximum Gasteiger partial charge on any atom is 0.298 e. The number of carbonyl (C=O) groups excluding carboxylic acids is 1. The first-order chi connectivity index (χ1) is 20.4. The minimum atomic E-state index is -0.400. The van der Waals surface area contributed by atoms with Crippen molar-refractivity contribution in [1.29, 1.82) is 0 Å². The SMILES string of the molecule is CNN(C)C(NC1CC2(C1)CN(C(=O)C#CCN1CCCCC1)C2)/C(=C\N)C(N)c1ccc(Oc2ccccc2)cc1. The van der Waals surface area contributed by atoms with Crippen molar-refractivity contribution >= 4 is 5.91 Å². The van der Waals surface area contributed by atoms with E-state index in [4.69, 9.17) is 16.2 Å². The number of rotatable bonds is 10. The third kappa shape index (κ3) is 7.14. The summed E-state index contributed by atoms with van der Waals surface area (Å²) in [6, 6.07) is 17.4. The molecule has 1 amide bonds. The van der Waals surface area contributed by atoms with E-state index in [0.29, 0.717) is 12.6 Å². The van der Waals surface area contributed by atoms with Gasteiger partial charge in [0.1, 0.15) is 11.5 Å². The lowest BCUT2D eigenvalue weighted by Gasteiger charge is -2.59. The van der Waals surface area contributed by atoms with Crippen LogP contribution in [0.1, 0.15) is 43.7 Å². The van der Waals surface area contributed by atoms with Crippen LogP contribution in [-0.4, -0.2) is 79.7 Å². The fraction of sp³-hybridized carbons (Fsp3) is 0.485. The van der Waals surface area contributed by atoms with E-state index in [1.54, 1.807) is 6.20 Å². The number of piperidine rings is 1. The topological polar surface area (TPSA) is 112 Å². The van der Waals surface area contributed by atoms with Crippen LogP contribution in [-0.2, 0) is 4.79 Å². The number of nitrogens with two attached hydrogens (primary N) is 2. The summed E-state index contributed by atoms with van der Waals surface area (Å²) in [5.74, 6) is 7.47. The predicted molar refractivity (Wildman–Crippen MR) is 166 cm³/mol. The molecule has 224 valence electrons. The summed E-state index contributed by atoms with van der Waals surface area (Å²) < 4.78 is 5.94. The number of carbonyl (C=O) groups is 1. The molecular weight excluding hydrogens is 526 g/mol. The Kier molecular flexibility index (Phi) is 9.83. The van der Waals surface area contributed by atoms with Crippen molar-refractivity contribution < 1.29 is 9.53 Å². The first kappa shape index (κ1) is 30.1. The molecule has 2 atom stereocenters. The van der Waals surface area contributed by atoms with Gasteiger partial charge in [0.25, 0.3) is 5.91 Å². The maximum absolute atomic E-state index is 12.6. The molecule has 2 aliphatic heterocycles. The molecule has 1 aliphatic carbocycles. The number of hydrazine groups is 1. The lowest BCUT2D eigenvalue weighted by Crippen LogP contribution is -2.69. The fourth-order valence-corrected chi connectivity index (χ4v) is 6.40. The highest BCUT2D eigenvalue weighted by Gasteiger charge is 2.54. The highest BCUT2D eigenvalue weighted by atomic mass is 16.5. The van der Waals surface area contributed by atoms with Gasteiger partial charge in [0.2, 0.25) is 0 Å². The number of hydrogen-bond acceptors (Lipinski definition) is 8. The van der Waals surface area contributed by atoms with Crippen LogP contribution in [0.3, 0.4) is 0 Å². The number of likely N-dealkylation sites (tertiary alicyclic amines) is 2. The smallest absolute Gasteiger partial charge is 0.298 e. The summed E-state index contributed by atoms with van der Waals surface area (Å²) in [4.78, 5) is 16.8. The molecule has 2 unspecified atom stereocenters. The van der Waals surface area contributed by atoms with Gasteiger partial charge in [-0.1, -0.05) is 42.7 Å². The van der Waals surface area contributed by atoms with Crippen molar-refractivity contribution in [2.24, 2.45) is 16.9 Å². The van der Waals surface area contributed by atoms with Gasteiger partial charge in [0, 0.05) is 31.6 Å². The Morgan fingerprint density at radius 3 is 2.40 bits per heavy atom. The molecule has 2 aromatic rings. The number of likely N-dealkylation sites (N-methyl/N-ethyl adjacent to an activating group) is 1. The van der Waals surface area contributed by atoms with E-state index in [-0.39, 0.29) is 17.5 Å². The van der Waals surface area contributed by atoms with E-state index < -0.39 is 6.04 Å². The predicted octanol–water partition coefficient (Wildman–Crippen LogP) is 2.78.